The van der Waals surface area contributed by atoms with Crippen molar-refractivity contribution in [2.45, 2.75) is 0 Å². The third kappa shape index (κ3) is 3.81. The Hall–Kier alpha value is -3.39. The summed E-state index contributed by atoms with van der Waals surface area (Å²) >= 11 is 6.03. The standard InChI is InChI=1S/C19H16ClFN4O3/c1-22-18(26)10-6-7-16(28-2)13(8-10)23-19(27)15-9-14(24-25-15)17-11(20)4-3-5-12(17)21/h3-9H,1-2H3,(H,22,26)(H,23,27)(H,24,25). The summed E-state index contributed by atoms with van der Waals surface area (Å²) in [7, 11) is 2.95. The molecule has 0 atom stereocenters. The Balaban J connectivity index is 1.88. The summed E-state index contributed by atoms with van der Waals surface area (Å²) in [5.41, 5.74) is 1.02. The molecule has 0 bridgehead atoms. The van der Waals surface area contributed by atoms with Gasteiger partial charge in [-0.25, -0.2) is 4.39 Å². The maximum absolute atomic E-state index is 14.1. The van der Waals surface area contributed by atoms with Crippen LogP contribution in [0.25, 0.3) is 11.3 Å². The minimum absolute atomic E-state index is 0.0849. The lowest BCUT2D eigenvalue weighted by Crippen LogP contribution is -2.19. The van der Waals surface area contributed by atoms with E-state index in [-0.39, 0.29) is 27.9 Å². The predicted molar refractivity (Wildman–Crippen MR) is 103 cm³/mol. The number of aromatic amines is 1. The predicted octanol–water partition coefficient (Wildman–Crippen LogP) is 3.49. The molecule has 2 amide bonds. The van der Waals surface area contributed by atoms with Crippen LogP contribution in [-0.4, -0.2) is 36.2 Å². The fraction of sp³-hybridized carbons (Fsp3) is 0.105. The van der Waals surface area contributed by atoms with E-state index in [1.165, 1.54) is 44.5 Å². The number of H-pyrrole nitrogens is 1. The van der Waals surface area contributed by atoms with Gasteiger partial charge in [-0.05, 0) is 36.4 Å². The SMILES string of the molecule is CNC(=O)c1ccc(OC)c(NC(=O)c2cc(-c3c(F)cccc3Cl)n[nH]2)c1. The molecule has 0 aliphatic carbocycles. The Labute approximate surface area is 164 Å². The van der Waals surface area contributed by atoms with Crippen LogP contribution in [0, 0.1) is 5.82 Å². The highest BCUT2D eigenvalue weighted by atomic mass is 35.5. The highest BCUT2D eigenvalue weighted by Gasteiger charge is 2.18. The lowest BCUT2D eigenvalue weighted by molar-refractivity contribution is 0.0961. The quantitative estimate of drug-likeness (QED) is 0.608. The first-order valence-corrected chi connectivity index (χ1v) is 8.53. The van der Waals surface area contributed by atoms with Gasteiger partial charge in [-0.1, -0.05) is 17.7 Å². The first-order valence-electron chi connectivity index (χ1n) is 8.16. The molecule has 3 N–H and O–H groups in total. The van der Waals surface area contributed by atoms with Crippen LogP contribution in [0.5, 0.6) is 5.75 Å². The number of amides is 2. The molecule has 0 aliphatic rings. The molecule has 0 unspecified atom stereocenters. The summed E-state index contributed by atoms with van der Waals surface area (Å²) < 4.78 is 19.3. The van der Waals surface area contributed by atoms with E-state index in [9.17, 15) is 14.0 Å². The van der Waals surface area contributed by atoms with Gasteiger partial charge in [0.05, 0.1) is 29.1 Å². The highest BCUT2D eigenvalue weighted by Crippen LogP contribution is 2.30. The van der Waals surface area contributed by atoms with Gasteiger partial charge in [0, 0.05) is 12.6 Å². The third-order valence-electron chi connectivity index (χ3n) is 3.98. The van der Waals surface area contributed by atoms with Crippen molar-refractivity contribution >= 4 is 29.1 Å². The molecule has 0 fully saturated rings. The zero-order chi connectivity index (χ0) is 20.3. The number of carbonyl (C=O) groups is 2. The van der Waals surface area contributed by atoms with E-state index in [1.807, 2.05) is 0 Å². The lowest BCUT2D eigenvalue weighted by atomic mass is 10.1. The van der Waals surface area contributed by atoms with Gasteiger partial charge in [-0.2, -0.15) is 5.10 Å². The Morgan fingerprint density at radius 2 is 1.96 bits per heavy atom. The number of methoxy groups -OCH3 is 1. The minimum Gasteiger partial charge on any atom is -0.495 e. The number of aromatic nitrogens is 2. The molecule has 144 valence electrons. The normalized spacial score (nSPS) is 10.4. The Morgan fingerprint density at radius 3 is 2.64 bits per heavy atom. The van der Waals surface area contributed by atoms with Crippen molar-refractivity contribution in [3.8, 4) is 17.0 Å². The molecule has 9 heteroatoms. The number of rotatable bonds is 5. The first-order chi connectivity index (χ1) is 13.4. The molecular formula is C19H16ClFN4O3. The van der Waals surface area contributed by atoms with Gasteiger partial charge >= 0.3 is 0 Å². The molecule has 0 spiro atoms. The monoisotopic (exact) mass is 402 g/mol. The number of hydrogen-bond donors (Lipinski definition) is 3. The smallest absolute Gasteiger partial charge is 0.273 e. The van der Waals surface area contributed by atoms with Gasteiger partial charge in [0.2, 0.25) is 0 Å². The number of ether oxygens (including phenoxy) is 1. The van der Waals surface area contributed by atoms with Crippen LogP contribution in [0.2, 0.25) is 5.02 Å². The molecule has 3 aromatic rings. The number of anilines is 1. The second-order valence-corrected chi connectivity index (χ2v) is 6.12. The minimum atomic E-state index is -0.550. The number of benzene rings is 2. The van der Waals surface area contributed by atoms with Crippen molar-refractivity contribution in [3.63, 3.8) is 0 Å². The van der Waals surface area contributed by atoms with Crippen LogP contribution in [0.4, 0.5) is 10.1 Å². The summed E-state index contributed by atoms with van der Waals surface area (Å²) in [5.74, 6) is -1.03. The van der Waals surface area contributed by atoms with E-state index in [4.69, 9.17) is 16.3 Å². The maximum Gasteiger partial charge on any atom is 0.273 e. The lowest BCUT2D eigenvalue weighted by Gasteiger charge is -2.11. The number of nitrogens with one attached hydrogen (secondary N) is 3. The second-order valence-electron chi connectivity index (χ2n) is 5.71. The second kappa shape index (κ2) is 8.10. The van der Waals surface area contributed by atoms with Crippen molar-refractivity contribution < 1.29 is 18.7 Å². The van der Waals surface area contributed by atoms with Crippen molar-refractivity contribution in [1.82, 2.24) is 15.5 Å². The molecule has 0 aliphatic heterocycles. The van der Waals surface area contributed by atoms with Crippen molar-refractivity contribution in [3.05, 3.63) is 64.6 Å². The van der Waals surface area contributed by atoms with Gasteiger partial charge in [0.25, 0.3) is 11.8 Å². The van der Waals surface area contributed by atoms with Crippen LogP contribution in [0.3, 0.4) is 0 Å². The van der Waals surface area contributed by atoms with Crippen LogP contribution in [0.1, 0.15) is 20.8 Å². The van der Waals surface area contributed by atoms with Gasteiger partial charge in [-0.3, -0.25) is 14.7 Å². The Kier molecular flexibility index (Phi) is 5.60. The fourth-order valence-electron chi connectivity index (χ4n) is 2.59. The molecule has 1 heterocycles. The van der Waals surface area contributed by atoms with Gasteiger partial charge in [0.1, 0.15) is 17.3 Å². The average molecular weight is 403 g/mol. The highest BCUT2D eigenvalue weighted by molar-refractivity contribution is 6.33. The molecule has 0 saturated carbocycles. The first kappa shape index (κ1) is 19.4. The summed E-state index contributed by atoms with van der Waals surface area (Å²) in [6, 6.07) is 10.3. The fourth-order valence-corrected chi connectivity index (χ4v) is 2.85. The summed E-state index contributed by atoms with van der Waals surface area (Å²) in [6.07, 6.45) is 0. The van der Waals surface area contributed by atoms with Crippen LogP contribution >= 0.6 is 11.6 Å². The van der Waals surface area contributed by atoms with Crippen molar-refractivity contribution in [1.29, 1.82) is 0 Å². The molecule has 1 aromatic heterocycles. The Morgan fingerprint density at radius 1 is 1.18 bits per heavy atom. The number of hydrogen-bond acceptors (Lipinski definition) is 4. The Bertz CT molecular complexity index is 1030. The van der Waals surface area contributed by atoms with E-state index in [0.29, 0.717) is 17.0 Å². The summed E-state index contributed by atoms with van der Waals surface area (Å²) in [4.78, 5) is 24.4. The molecule has 0 saturated heterocycles. The van der Waals surface area contributed by atoms with Crippen LogP contribution in [-0.2, 0) is 0 Å². The largest absolute Gasteiger partial charge is 0.495 e. The molecule has 0 radical (unpaired) electrons. The van der Waals surface area contributed by atoms with E-state index < -0.39 is 11.7 Å². The van der Waals surface area contributed by atoms with Crippen LogP contribution < -0.4 is 15.4 Å². The van der Waals surface area contributed by atoms with E-state index in [2.05, 4.69) is 20.8 Å². The zero-order valence-electron chi connectivity index (χ0n) is 15.0. The molecule has 28 heavy (non-hydrogen) atoms. The molecule has 7 nitrogen and oxygen atoms in total. The molecule has 2 aromatic carbocycles. The topological polar surface area (TPSA) is 96.1 Å². The van der Waals surface area contributed by atoms with Crippen LogP contribution in [0.15, 0.2) is 42.5 Å². The van der Waals surface area contributed by atoms with Gasteiger partial charge in [-0.15, -0.1) is 0 Å². The number of carbonyl (C=O) groups excluding carboxylic acids is 2. The average Bonchev–Trinajstić information content (AvgIpc) is 3.17. The zero-order valence-corrected chi connectivity index (χ0v) is 15.7. The van der Waals surface area contributed by atoms with Gasteiger partial charge < -0.3 is 15.4 Å². The molecule has 3 rings (SSSR count). The van der Waals surface area contributed by atoms with E-state index in [1.54, 1.807) is 12.1 Å². The van der Waals surface area contributed by atoms with E-state index >= 15 is 0 Å². The van der Waals surface area contributed by atoms with Crippen molar-refractivity contribution in [2.24, 2.45) is 0 Å². The number of halogens is 2. The van der Waals surface area contributed by atoms with E-state index in [0.717, 1.165) is 0 Å². The summed E-state index contributed by atoms with van der Waals surface area (Å²) in [6.45, 7) is 0. The number of nitrogens with zero attached hydrogens (tertiary/aromatic N) is 1. The third-order valence-corrected chi connectivity index (χ3v) is 4.29. The maximum atomic E-state index is 14.1. The summed E-state index contributed by atoms with van der Waals surface area (Å²) in [5, 5.41) is 11.9. The molecular weight excluding hydrogens is 387 g/mol. The van der Waals surface area contributed by atoms with Crippen molar-refractivity contribution in [2.75, 3.05) is 19.5 Å². The van der Waals surface area contributed by atoms with Gasteiger partial charge in [0.15, 0.2) is 0 Å².